The number of halogens is 3. The molecular weight excluding hydrogens is 273 g/mol. The van der Waals surface area contributed by atoms with Crippen molar-refractivity contribution < 1.29 is 22.7 Å². The van der Waals surface area contributed by atoms with Crippen LogP contribution >= 0.6 is 0 Å². The van der Waals surface area contributed by atoms with Crippen LogP contribution in [0.15, 0.2) is 18.2 Å². The van der Waals surface area contributed by atoms with E-state index in [9.17, 15) is 18.0 Å². The average Bonchev–Trinajstić information content (AvgIpc) is 2.32. The van der Waals surface area contributed by atoms with Crippen LogP contribution in [0.3, 0.4) is 0 Å². The quantitative estimate of drug-likeness (QED) is 0.838. The van der Waals surface area contributed by atoms with E-state index in [0.717, 1.165) is 12.5 Å². The molecule has 0 bridgehead atoms. The molecule has 2 unspecified atom stereocenters. The van der Waals surface area contributed by atoms with Gasteiger partial charge in [-0.2, -0.15) is 13.2 Å². The van der Waals surface area contributed by atoms with Crippen molar-refractivity contribution in [3.8, 4) is 0 Å². The summed E-state index contributed by atoms with van der Waals surface area (Å²) in [6.07, 6.45) is -7.74. The van der Waals surface area contributed by atoms with E-state index in [1.165, 1.54) is 13.0 Å². The molecule has 0 aliphatic rings. The van der Waals surface area contributed by atoms with Crippen molar-refractivity contribution in [1.82, 2.24) is 0 Å². The standard InChI is InChI=1S/C13H17F3N2O2/c1-7-4-5-10(17)6-11(7)18-12(19)8(2)20-9(3)13(14,15)16/h4-6,8-9H,17H2,1-3H3,(H,18,19). The molecule has 112 valence electrons. The van der Waals surface area contributed by atoms with Crippen molar-refractivity contribution in [3.63, 3.8) is 0 Å². The van der Waals surface area contributed by atoms with Crippen LogP contribution in [-0.4, -0.2) is 24.3 Å². The monoisotopic (exact) mass is 290 g/mol. The first-order valence-electron chi connectivity index (χ1n) is 6.00. The van der Waals surface area contributed by atoms with Crippen LogP contribution in [0.2, 0.25) is 0 Å². The number of benzene rings is 1. The average molecular weight is 290 g/mol. The van der Waals surface area contributed by atoms with Crippen molar-refractivity contribution in [2.24, 2.45) is 0 Å². The molecule has 1 aromatic rings. The Hall–Kier alpha value is -1.76. The Morgan fingerprint density at radius 2 is 1.95 bits per heavy atom. The fourth-order valence-corrected chi connectivity index (χ4v) is 1.45. The highest BCUT2D eigenvalue weighted by Gasteiger charge is 2.38. The van der Waals surface area contributed by atoms with Crippen LogP contribution in [0.5, 0.6) is 0 Å². The molecule has 0 aliphatic heterocycles. The van der Waals surface area contributed by atoms with Crippen LogP contribution in [0.25, 0.3) is 0 Å². The molecule has 0 aromatic heterocycles. The molecule has 1 rings (SSSR count). The van der Waals surface area contributed by atoms with Gasteiger partial charge in [-0.1, -0.05) is 6.07 Å². The van der Waals surface area contributed by atoms with Crippen molar-refractivity contribution in [2.75, 3.05) is 11.1 Å². The maximum atomic E-state index is 12.3. The molecule has 0 aliphatic carbocycles. The zero-order valence-electron chi connectivity index (χ0n) is 11.4. The largest absolute Gasteiger partial charge is 0.414 e. The lowest BCUT2D eigenvalue weighted by atomic mass is 10.1. The van der Waals surface area contributed by atoms with E-state index in [0.29, 0.717) is 11.4 Å². The van der Waals surface area contributed by atoms with E-state index in [4.69, 9.17) is 5.73 Å². The summed E-state index contributed by atoms with van der Waals surface area (Å²) in [6.45, 7) is 3.87. The second-order valence-corrected chi connectivity index (χ2v) is 4.53. The first-order chi connectivity index (χ1) is 9.11. The van der Waals surface area contributed by atoms with Gasteiger partial charge in [-0.25, -0.2) is 0 Å². The SMILES string of the molecule is Cc1ccc(N)cc1NC(=O)C(C)OC(C)C(F)(F)F. The summed E-state index contributed by atoms with van der Waals surface area (Å²) in [5.41, 5.74) is 7.24. The molecule has 20 heavy (non-hydrogen) atoms. The number of aryl methyl sites for hydroxylation is 1. The highest BCUT2D eigenvalue weighted by Crippen LogP contribution is 2.24. The number of hydrogen-bond acceptors (Lipinski definition) is 3. The maximum Gasteiger partial charge on any atom is 0.414 e. The van der Waals surface area contributed by atoms with Crippen molar-refractivity contribution in [2.45, 2.75) is 39.2 Å². The minimum Gasteiger partial charge on any atom is -0.399 e. The zero-order chi connectivity index (χ0) is 15.5. The Balaban J connectivity index is 2.69. The summed E-state index contributed by atoms with van der Waals surface area (Å²) in [7, 11) is 0. The summed E-state index contributed by atoms with van der Waals surface area (Å²) < 4.78 is 41.7. The third-order valence-electron chi connectivity index (χ3n) is 2.76. The molecule has 3 N–H and O–H groups in total. The lowest BCUT2D eigenvalue weighted by Gasteiger charge is -2.21. The van der Waals surface area contributed by atoms with E-state index < -0.39 is 24.3 Å². The van der Waals surface area contributed by atoms with Gasteiger partial charge in [0.15, 0.2) is 6.10 Å². The highest BCUT2D eigenvalue weighted by atomic mass is 19.4. The van der Waals surface area contributed by atoms with Crippen LogP contribution in [0, 0.1) is 6.92 Å². The van der Waals surface area contributed by atoms with E-state index in [2.05, 4.69) is 10.1 Å². The van der Waals surface area contributed by atoms with Gasteiger partial charge in [0.1, 0.15) is 6.10 Å². The van der Waals surface area contributed by atoms with Gasteiger partial charge in [-0.05, 0) is 38.5 Å². The number of carbonyl (C=O) groups excluding carboxylic acids is 1. The van der Waals surface area contributed by atoms with E-state index in [-0.39, 0.29) is 0 Å². The van der Waals surface area contributed by atoms with Gasteiger partial charge in [0.2, 0.25) is 0 Å². The van der Waals surface area contributed by atoms with Gasteiger partial charge in [0.25, 0.3) is 5.91 Å². The first kappa shape index (κ1) is 16.3. The number of carbonyl (C=O) groups is 1. The maximum absolute atomic E-state index is 12.3. The van der Waals surface area contributed by atoms with Crippen LogP contribution < -0.4 is 11.1 Å². The van der Waals surface area contributed by atoms with E-state index in [1.807, 2.05) is 0 Å². The lowest BCUT2D eigenvalue weighted by Crippen LogP contribution is -2.37. The number of nitrogens with one attached hydrogen (secondary N) is 1. The summed E-state index contributed by atoms with van der Waals surface area (Å²) in [4.78, 5) is 11.8. The van der Waals surface area contributed by atoms with Crippen molar-refractivity contribution >= 4 is 17.3 Å². The predicted molar refractivity (Wildman–Crippen MR) is 70.3 cm³/mol. The molecule has 7 heteroatoms. The number of rotatable bonds is 4. The van der Waals surface area contributed by atoms with Crippen LogP contribution in [0.4, 0.5) is 24.5 Å². The fraction of sp³-hybridized carbons (Fsp3) is 0.462. The van der Waals surface area contributed by atoms with E-state index in [1.54, 1.807) is 19.1 Å². The molecule has 1 amide bonds. The number of hydrogen-bond donors (Lipinski definition) is 2. The second kappa shape index (κ2) is 6.13. The summed E-state index contributed by atoms with van der Waals surface area (Å²) in [6, 6.07) is 4.90. The van der Waals surface area contributed by atoms with Crippen LogP contribution in [-0.2, 0) is 9.53 Å². The number of anilines is 2. The molecule has 0 fully saturated rings. The fourth-order valence-electron chi connectivity index (χ4n) is 1.45. The Bertz CT molecular complexity index is 489. The predicted octanol–water partition coefficient (Wildman–Crippen LogP) is 2.87. The molecule has 0 saturated heterocycles. The smallest absolute Gasteiger partial charge is 0.399 e. The van der Waals surface area contributed by atoms with Gasteiger partial charge in [-0.15, -0.1) is 0 Å². The van der Waals surface area contributed by atoms with Gasteiger partial charge in [0, 0.05) is 11.4 Å². The summed E-state index contributed by atoms with van der Waals surface area (Å²) >= 11 is 0. The van der Waals surface area contributed by atoms with Crippen molar-refractivity contribution in [3.05, 3.63) is 23.8 Å². The molecule has 0 spiro atoms. The minimum atomic E-state index is -4.50. The molecule has 0 heterocycles. The van der Waals surface area contributed by atoms with Crippen molar-refractivity contribution in [1.29, 1.82) is 0 Å². The summed E-state index contributed by atoms with van der Waals surface area (Å²) in [5.74, 6) is -0.658. The van der Waals surface area contributed by atoms with Gasteiger partial charge in [-0.3, -0.25) is 4.79 Å². The number of nitrogen functional groups attached to an aromatic ring is 1. The third-order valence-corrected chi connectivity index (χ3v) is 2.76. The number of nitrogens with two attached hydrogens (primary N) is 1. The summed E-state index contributed by atoms with van der Waals surface area (Å²) in [5, 5.41) is 2.50. The molecule has 0 saturated carbocycles. The van der Waals surface area contributed by atoms with Gasteiger partial charge >= 0.3 is 6.18 Å². The van der Waals surface area contributed by atoms with E-state index >= 15 is 0 Å². The Morgan fingerprint density at radius 1 is 1.35 bits per heavy atom. The number of ether oxygens (including phenoxy) is 1. The molecular formula is C13H17F3N2O2. The molecule has 4 nitrogen and oxygen atoms in total. The highest BCUT2D eigenvalue weighted by molar-refractivity contribution is 5.95. The first-order valence-corrected chi connectivity index (χ1v) is 6.00. The molecule has 2 atom stereocenters. The van der Waals surface area contributed by atoms with Gasteiger partial charge < -0.3 is 15.8 Å². The second-order valence-electron chi connectivity index (χ2n) is 4.53. The zero-order valence-corrected chi connectivity index (χ0v) is 11.4. The van der Waals surface area contributed by atoms with Crippen LogP contribution in [0.1, 0.15) is 19.4 Å². The Morgan fingerprint density at radius 3 is 2.50 bits per heavy atom. The molecule has 1 aromatic carbocycles. The Kier molecular flexibility index (Phi) is 4.99. The minimum absolute atomic E-state index is 0.447. The number of amides is 1. The van der Waals surface area contributed by atoms with Gasteiger partial charge in [0.05, 0.1) is 0 Å². The topological polar surface area (TPSA) is 64.3 Å². The molecule has 0 radical (unpaired) electrons. The Labute approximate surface area is 115 Å². The lowest BCUT2D eigenvalue weighted by molar-refractivity contribution is -0.223. The normalized spacial score (nSPS) is 14.7. The number of alkyl halides is 3. The third kappa shape index (κ3) is 4.41.